The van der Waals surface area contributed by atoms with Gasteiger partial charge in [0.1, 0.15) is 5.76 Å². The predicted molar refractivity (Wildman–Crippen MR) is 113 cm³/mol. The molecule has 2 aliphatic rings. The van der Waals surface area contributed by atoms with Crippen LogP contribution in [0.4, 0.5) is 5.95 Å². The van der Waals surface area contributed by atoms with Crippen molar-refractivity contribution in [2.45, 2.75) is 50.5 Å². The first-order valence-corrected chi connectivity index (χ1v) is 10.7. The number of anilines is 1. The number of amides is 1. The van der Waals surface area contributed by atoms with Gasteiger partial charge in [0.15, 0.2) is 5.76 Å². The lowest BCUT2D eigenvalue weighted by Crippen LogP contribution is -2.47. The highest BCUT2D eigenvalue weighted by atomic mass is 16.5. The largest absolute Gasteiger partial charge is 0.502 e. The first-order chi connectivity index (χ1) is 15.0. The quantitative estimate of drug-likeness (QED) is 0.738. The van der Waals surface area contributed by atoms with Gasteiger partial charge in [-0.25, -0.2) is 9.97 Å². The second-order valence-corrected chi connectivity index (χ2v) is 8.35. The van der Waals surface area contributed by atoms with Crippen molar-refractivity contribution >= 4 is 11.9 Å². The van der Waals surface area contributed by atoms with Crippen LogP contribution in [0.5, 0.6) is 5.75 Å². The van der Waals surface area contributed by atoms with Gasteiger partial charge in [-0.15, -0.1) is 0 Å². The molecule has 0 unspecified atom stereocenters. The maximum atomic E-state index is 13.0. The van der Waals surface area contributed by atoms with Gasteiger partial charge in [0.05, 0.1) is 0 Å². The van der Waals surface area contributed by atoms with Crippen LogP contribution in [0.2, 0.25) is 0 Å². The Labute approximate surface area is 180 Å². The number of nitrogens with one attached hydrogen (secondary N) is 1. The molecule has 2 fully saturated rings. The average molecular weight is 428 g/mol. The average Bonchev–Trinajstić information content (AvgIpc) is 2.78. The van der Waals surface area contributed by atoms with E-state index in [1.165, 1.54) is 6.07 Å². The monoisotopic (exact) mass is 428 g/mol. The van der Waals surface area contributed by atoms with Gasteiger partial charge in [-0.3, -0.25) is 9.59 Å². The van der Waals surface area contributed by atoms with E-state index in [2.05, 4.69) is 20.2 Å². The third kappa shape index (κ3) is 4.71. The van der Waals surface area contributed by atoms with Gasteiger partial charge in [0.25, 0.3) is 0 Å². The number of aromatic nitrogens is 2. The van der Waals surface area contributed by atoms with Gasteiger partial charge in [-0.2, -0.15) is 0 Å². The van der Waals surface area contributed by atoms with E-state index in [9.17, 15) is 14.7 Å². The third-order valence-electron chi connectivity index (χ3n) is 6.17. The SMILES string of the molecule is Cc1cc(=O)c(O)c(C2(CC(=O)NC3CCN(c4ncccn4)CC3)CCOCC2)o1. The lowest BCUT2D eigenvalue weighted by atomic mass is 9.74. The van der Waals surface area contributed by atoms with Gasteiger partial charge in [0, 0.05) is 62.6 Å². The first-order valence-electron chi connectivity index (χ1n) is 10.7. The Balaban J connectivity index is 1.43. The number of hydrogen-bond donors (Lipinski definition) is 2. The zero-order chi connectivity index (χ0) is 21.8. The molecule has 0 spiro atoms. The molecule has 0 bridgehead atoms. The summed E-state index contributed by atoms with van der Waals surface area (Å²) in [5, 5.41) is 13.5. The fraction of sp³-hybridized carbons (Fsp3) is 0.545. The van der Waals surface area contributed by atoms with Crippen molar-refractivity contribution in [2.75, 3.05) is 31.2 Å². The zero-order valence-corrected chi connectivity index (χ0v) is 17.7. The third-order valence-corrected chi connectivity index (χ3v) is 6.17. The zero-order valence-electron chi connectivity index (χ0n) is 17.7. The van der Waals surface area contributed by atoms with Gasteiger partial charge in [-0.1, -0.05) is 0 Å². The highest BCUT2D eigenvalue weighted by Gasteiger charge is 2.42. The summed E-state index contributed by atoms with van der Waals surface area (Å²) in [6, 6.07) is 3.11. The summed E-state index contributed by atoms with van der Waals surface area (Å²) in [5.41, 5.74) is -1.24. The Morgan fingerprint density at radius 1 is 1.26 bits per heavy atom. The minimum absolute atomic E-state index is 0.0578. The number of carbonyl (C=O) groups is 1. The van der Waals surface area contributed by atoms with Gasteiger partial charge in [-0.05, 0) is 38.7 Å². The van der Waals surface area contributed by atoms with Gasteiger partial charge < -0.3 is 24.5 Å². The Morgan fingerprint density at radius 2 is 1.94 bits per heavy atom. The normalized spacial score (nSPS) is 19.2. The Bertz CT molecular complexity index is 964. The molecule has 1 amide bonds. The number of aromatic hydroxyl groups is 1. The molecule has 9 nitrogen and oxygen atoms in total. The van der Waals surface area contributed by atoms with E-state index in [-0.39, 0.29) is 24.1 Å². The number of carbonyl (C=O) groups excluding carboxylic acids is 1. The molecule has 2 N–H and O–H groups in total. The lowest BCUT2D eigenvalue weighted by molar-refractivity contribution is -0.124. The van der Waals surface area contributed by atoms with Crippen LogP contribution < -0.4 is 15.6 Å². The molecule has 0 atom stereocenters. The van der Waals surface area contributed by atoms with Crippen LogP contribution in [-0.4, -0.2) is 53.3 Å². The van der Waals surface area contributed by atoms with E-state index in [0.29, 0.717) is 37.8 Å². The van der Waals surface area contributed by atoms with Crippen LogP contribution in [0.25, 0.3) is 0 Å². The fourth-order valence-electron chi connectivity index (χ4n) is 4.47. The maximum Gasteiger partial charge on any atom is 0.227 e. The molecule has 0 aliphatic carbocycles. The van der Waals surface area contributed by atoms with Crippen molar-refractivity contribution in [3.8, 4) is 5.75 Å². The molecule has 2 aromatic rings. The molecule has 0 saturated carbocycles. The molecule has 0 aromatic carbocycles. The van der Waals surface area contributed by atoms with Crippen LogP contribution in [0.1, 0.15) is 43.6 Å². The number of piperidine rings is 1. The Kier molecular flexibility index (Phi) is 6.22. The maximum absolute atomic E-state index is 13.0. The summed E-state index contributed by atoms with van der Waals surface area (Å²) in [6.45, 7) is 4.09. The molecule has 2 saturated heterocycles. The minimum Gasteiger partial charge on any atom is -0.502 e. The van der Waals surface area contributed by atoms with E-state index < -0.39 is 16.6 Å². The van der Waals surface area contributed by atoms with Crippen molar-refractivity contribution in [3.05, 3.63) is 46.3 Å². The van der Waals surface area contributed by atoms with Gasteiger partial charge in [0.2, 0.25) is 23.0 Å². The summed E-state index contributed by atoms with van der Waals surface area (Å²) < 4.78 is 11.3. The van der Waals surface area contributed by atoms with Crippen LogP contribution in [0.15, 0.2) is 33.7 Å². The predicted octanol–water partition coefficient (Wildman–Crippen LogP) is 1.67. The van der Waals surface area contributed by atoms with Crippen molar-refractivity contribution in [3.63, 3.8) is 0 Å². The minimum atomic E-state index is -0.754. The summed E-state index contributed by atoms with van der Waals surface area (Å²) in [7, 11) is 0. The molecule has 31 heavy (non-hydrogen) atoms. The molecule has 9 heteroatoms. The topological polar surface area (TPSA) is 118 Å². The molecule has 4 rings (SSSR count). The van der Waals surface area contributed by atoms with Crippen LogP contribution >= 0.6 is 0 Å². The second-order valence-electron chi connectivity index (χ2n) is 8.35. The van der Waals surface area contributed by atoms with E-state index in [1.54, 1.807) is 25.4 Å². The lowest BCUT2D eigenvalue weighted by Gasteiger charge is -2.37. The number of hydrogen-bond acceptors (Lipinski definition) is 8. The molecule has 2 aromatic heterocycles. The van der Waals surface area contributed by atoms with E-state index in [4.69, 9.17) is 9.15 Å². The number of aryl methyl sites for hydroxylation is 1. The molecule has 2 aliphatic heterocycles. The van der Waals surface area contributed by atoms with Crippen LogP contribution in [-0.2, 0) is 14.9 Å². The highest BCUT2D eigenvalue weighted by molar-refractivity contribution is 5.78. The summed E-state index contributed by atoms with van der Waals surface area (Å²) in [5.74, 6) is 0.807. The fourth-order valence-corrected chi connectivity index (χ4v) is 4.47. The van der Waals surface area contributed by atoms with Crippen molar-refractivity contribution in [1.29, 1.82) is 0 Å². The number of rotatable bonds is 5. The Hall–Kier alpha value is -2.94. The second kappa shape index (κ2) is 9.05. The van der Waals surface area contributed by atoms with Crippen LogP contribution in [0.3, 0.4) is 0 Å². The van der Waals surface area contributed by atoms with Gasteiger partial charge >= 0.3 is 0 Å². The molecular formula is C22H28N4O5. The smallest absolute Gasteiger partial charge is 0.227 e. The highest BCUT2D eigenvalue weighted by Crippen LogP contribution is 2.41. The van der Waals surface area contributed by atoms with E-state index >= 15 is 0 Å². The summed E-state index contributed by atoms with van der Waals surface area (Å²) in [4.78, 5) is 35.8. The standard InChI is InChI=1S/C22H28N4O5/c1-15-13-17(27)19(29)20(31-15)22(5-11-30-12-6-22)14-18(28)25-16-3-9-26(10-4-16)21-23-7-2-8-24-21/h2,7-8,13,16,29H,3-6,9-12,14H2,1H3,(H,25,28). The molecular weight excluding hydrogens is 400 g/mol. The van der Waals surface area contributed by atoms with E-state index in [0.717, 1.165) is 25.9 Å². The first kappa shape index (κ1) is 21.3. The molecule has 166 valence electrons. The number of nitrogens with zero attached hydrogens (tertiary/aromatic N) is 3. The number of ether oxygens (including phenoxy) is 1. The summed E-state index contributed by atoms with van der Waals surface area (Å²) in [6.07, 6.45) is 6.19. The van der Waals surface area contributed by atoms with Crippen molar-refractivity contribution in [2.24, 2.45) is 0 Å². The van der Waals surface area contributed by atoms with E-state index in [1.807, 2.05) is 0 Å². The summed E-state index contributed by atoms with van der Waals surface area (Å²) >= 11 is 0. The Morgan fingerprint density at radius 3 is 2.61 bits per heavy atom. The molecule has 0 radical (unpaired) electrons. The molecule has 4 heterocycles. The van der Waals surface area contributed by atoms with Crippen LogP contribution in [0, 0.1) is 6.92 Å². The van der Waals surface area contributed by atoms with Crippen molar-refractivity contribution in [1.82, 2.24) is 15.3 Å². The van der Waals surface area contributed by atoms with Crippen molar-refractivity contribution < 1.29 is 19.1 Å².